The molecular formula is C24H21F3N2O8. The lowest BCUT2D eigenvalue weighted by Crippen LogP contribution is -2.42. The molecule has 1 aliphatic heterocycles. The van der Waals surface area contributed by atoms with Crippen molar-refractivity contribution in [2.24, 2.45) is 0 Å². The molecule has 37 heavy (non-hydrogen) atoms. The highest BCUT2D eigenvalue weighted by Crippen LogP contribution is 2.39. The fourth-order valence-corrected chi connectivity index (χ4v) is 3.58. The maximum atomic E-state index is 13.9. The highest BCUT2D eigenvalue weighted by Gasteiger charge is 2.52. The number of hydrogen-bond acceptors (Lipinski definition) is 10. The van der Waals surface area contributed by atoms with Gasteiger partial charge in [-0.15, -0.1) is 0 Å². The summed E-state index contributed by atoms with van der Waals surface area (Å²) in [6, 6.07) is 10.0. The third kappa shape index (κ3) is 6.73. The lowest BCUT2D eigenvalue weighted by molar-refractivity contribution is -0.171. The maximum absolute atomic E-state index is 13.9. The van der Waals surface area contributed by atoms with Gasteiger partial charge in [0.25, 0.3) is 0 Å². The first-order valence-corrected chi connectivity index (χ1v) is 10.8. The van der Waals surface area contributed by atoms with Crippen LogP contribution in [0.15, 0.2) is 36.4 Å². The van der Waals surface area contributed by atoms with Crippen LogP contribution in [0.3, 0.4) is 0 Å². The number of ether oxygens (including phenoxy) is 5. The van der Waals surface area contributed by atoms with E-state index in [1.54, 1.807) is 18.2 Å². The molecular weight excluding hydrogens is 501 g/mol. The number of nitrogens with zero attached hydrogens (tertiary/aromatic N) is 2. The molecule has 1 aromatic carbocycles. The number of nitriles is 1. The van der Waals surface area contributed by atoms with Gasteiger partial charge in [0, 0.05) is 26.3 Å². The minimum Gasteiger partial charge on any atom is -0.463 e. The molecule has 2 heterocycles. The second-order valence-corrected chi connectivity index (χ2v) is 7.82. The van der Waals surface area contributed by atoms with Crippen LogP contribution in [0.4, 0.5) is 13.2 Å². The van der Waals surface area contributed by atoms with E-state index in [1.165, 1.54) is 18.2 Å². The Morgan fingerprint density at radius 3 is 2.19 bits per heavy atom. The van der Waals surface area contributed by atoms with E-state index in [1.807, 2.05) is 0 Å². The molecule has 0 N–H and O–H groups in total. The van der Waals surface area contributed by atoms with Gasteiger partial charge in [-0.25, -0.2) is 4.98 Å². The molecule has 0 spiro atoms. The molecule has 2 aromatic rings. The van der Waals surface area contributed by atoms with Crippen LogP contribution in [0.2, 0.25) is 0 Å². The number of benzene rings is 1. The van der Waals surface area contributed by atoms with Gasteiger partial charge >= 0.3 is 24.1 Å². The quantitative estimate of drug-likeness (QED) is 0.394. The Labute approximate surface area is 208 Å². The van der Waals surface area contributed by atoms with Crippen LogP contribution in [0, 0.1) is 11.3 Å². The molecule has 3 rings (SSSR count). The molecule has 0 unspecified atom stereocenters. The van der Waals surface area contributed by atoms with Gasteiger partial charge in [0.1, 0.15) is 24.3 Å². The van der Waals surface area contributed by atoms with Crippen molar-refractivity contribution in [3.05, 3.63) is 47.5 Å². The van der Waals surface area contributed by atoms with E-state index >= 15 is 0 Å². The molecule has 1 aliphatic rings. The number of halogens is 3. The van der Waals surface area contributed by atoms with Crippen molar-refractivity contribution in [1.82, 2.24) is 4.98 Å². The summed E-state index contributed by atoms with van der Waals surface area (Å²) in [7, 11) is 0. The van der Waals surface area contributed by atoms with Gasteiger partial charge in [-0.3, -0.25) is 14.4 Å². The minimum atomic E-state index is -4.94. The fraction of sp³-hybridized carbons (Fsp3) is 0.375. The van der Waals surface area contributed by atoms with Crippen molar-refractivity contribution >= 4 is 17.9 Å². The number of rotatable bonds is 7. The summed E-state index contributed by atoms with van der Waals surface area (Å²) in [5.74, 6) is -3.11. The summed E-state index contributed by atoms with van der Waals surface area (Å²) in [4.78, 5) is 38.8. The Morgan fingerprint density at radius 2 is 1.65 bits per heavy atom. The van der Waals surface area contributed by atoms with Gasteiger partial charge in [-0.2, -0.15) is 18.4 Å². The second kappa shape index (κ2) is 11.3. The van der Waals surface area contributed by atoms with E-state index in [9.17, 15) is 32.8 Å². The zero-order valence-corrected chi connectivity index (χ0v) is 19.8. The molecule has 4 atom stereocenters. The fourth-order valence-electron chi connectivity index (χ4n) is 3.58. The Morgan fingerprint density at radius 1 is 1.03 bits per heavy atom. The Hall–Kier alpha value is -4.18. The average molecular weight is 522 g/mol. The summed E-state index contributed by atoms with van der Waals surface area (Å²) in [5.41, 5.74) is -2.10. The lowest BCUT2D eigenvalue weighted by atomic mass is 10.0. The zero-order valence-electron chi connectivity index (χ0n) is 19.8. The largest absolute Gasteiger partial charge is 0.463 e. The Bertz CT molecular complexity index is 1210. The van der Waals surface area contributed by atoms with Crippen molar-refractivity contribution in [2.45, 2.75) is 51.5 Å². The van der Waals surface area contributed by atoms with Crippen LogP contribution in [0.25, 0.3) is 11.3 Å². The summed E-state index contributed by atoms with van der Waals surface area (Å²) in [6.45, 7) is 2.76. The number of hydrogen-bond donors (Lipinski definition) is 0. The topological polar surface area (TPSA) is 134 Å². The molecule has 0 bridgehead atoms. The first-order valence-electron chi connectivity index (χ1n) is 10.8. The molecule has 1 aromatic heterocycles. The lowest BCUT2D eigenvalue weighted by Gasteiger charge is -2.23. The maximum Gasteiger partial charge on any atom is 0.417 e. The van der Waals surface area contributed by atoms with Crippen molar-refractivity contribution in [1.29, 1.82) is 5.26 Å². The second-order valence-electron chi connectivity index (χ2n) is 7.82. The predicted molar refractivity (Wildman–Crippen MR) is 116 cm³/mol. The molecule has 0 radical (unpaired) electrons. The van der Waals surface area contributed by atoms with E-state index < -0.39 is 72.3 Å². The highest BCUT2D eigenvalue weighted by molar-refractivity contribution is 5.68. The summed E-state index contributed by atoms with van der Waals surface area (Å²) in [5, 5.41) is 9.55. The van der Waals surface area contributed by atoms with Gasteiger partial charge < -0.3 is 23.7 Å². The van der Waals surface area contributed by atoms with Crippen molar-refractivity contribution < 1.29 is 51.2 Å². The van der Waals surface area contributed by atoms with E-state index in [-0.39, 0.29) is 5.69 Å². The number of aromatic nitrogens is 1. The summed E-state index contributed by atoms with van der Waals surface area (Å²) < 4.78 is 68.1. The van der Waals surface area contributed by atoms with E-state index in [0.29, 0.717) is 11.6 Å². The van der Waals surface area contributed by atoms with Crippen LogP contribution in [0.1, 0.15) is 31.9 Å². The number of carbonyl (C=O) groups excluding carboxylic acids is 3. The minimum absolute atomic E-state index is 0.156. The Kier molecular flexibility index (Phi) is 8.34. The van der Waals surface area contributed by atoms with Gasteiger partial charge in [-0.1, -0.05) is 30.3 Å². The molecule has 1 fully saturated rings. The third-order valence-corrected chi connectivity index (χ3v) is 5.02. The van der Waals surface area contributed by atoms with E-state index in [0.717, 1.165) is 20.8 Å². The van der Waals surface area contributed by atoms with Gasteiger partial charge in [-0.05, 0) is 6.07 Å². The molecule has 10 nitrogen and oxygen atoms in total. The average Bonchev–Trinajstić information content (AvgIpc) is 3.11. The molecule has 1 saturated heterocycles. The molecule has 13 heteroatoms. The Balaban J connectivity index is 2.09. The number of esters is 3. The molecule has 0 aliphatic carbocycles. The highest BCUT2D eigenvalue weighted by atomic mass is 19.4. The van der Waals surface area contributed by atoms with Crippen LogP contribution in [-0.4, -0.2) is 54.1 Å². The van der Waals surface area contributed by atoms with Gasteiger partial charge in [0.15, 0.2) is 6.10 Å². The van der Waals surface area contributed by atoms with Crippen molar-refractivity contribution in [2.75, 3.05) is 6.61 Å². The van der Waals surface area contributed by atoms with Crippen molar-refractivity contribution in [3.8, 4) is 23.2 Å². The SMILES string of the molecule is CC(=O)OC[C@H]1O[C@@H](Oc2nc(-c3ccccc3)cc(C(F)(F)F)c2C#N)[C@H](OC(C)=O)[C@@H]1OC(C)=O. The summed E-state index contributed by atoms with van der Waals surface area (Å²) in [6.07, 6.45) is -10.7. The monoisotopic (exact) mass is 522 g/mol. The normalized spacial score (nSPS) is 21.0. The zero-order chi connectivity index (χ0) is 27.3. The standard InChI is InChI=1S/C24H21F3N2O8/c1-12(30)33-11-19-20(34-13(2)31)21(35-14(3)32)23(36-19)37-22-16(10-28)17(24(25,26)27)9-18(29-22)15-7-5-4-6-8-15/h4-9,19-21,23H,11H2,1-3H3/t19-,20-,21-,23+/m1/s1. The van der Waals surface area contributed by atoms with Crippen LogP contribution in [-0.2, 0) is 39.5 Å². The number of carbonyl (C=O) groups is 3. The first-order chi connectivity index (χ1) is 17.4. The van der Waals surface area contributed by atoms with Gasteiger partial charge in [0.2, 0.25) is 18.3 Å². The first kappa shape index (κ1) is 27.4. The molecule has 196 valence electrons. The molecule has 0 saturated carbocycles. The number of alkyl halides is 3. The number of pyridine rings is 1. The summed E-state index contributed by atoms with van der Waals surface area (Å²) >= 11 is 0. The van der Waals surface area contributed by atoms with E-state index in [2.05, 4.69) is 4.98 Å². The van der Waals surface area contributed by atoms with Crippen LogP contribution in [0.5, 0.6) is 5.88 Å². The van der Waals surface area contributed by atoms with Crippen molar-refractivity contribution in [3.63, 3.8) is 0 Å². The van der Waals surface area contributed by atoms with Crippen LogP contribution < -0.4 is 4.74 Å². The van der Waals surface area contributed by atoms with E-state index in [4.69, 9.17) is 23.7 Å². The van der Waals surface area contributed by atoms with Crippen LogP contribution >= 0.6 is 0 Å². The predicted octanol–water partition coefficient (Wildman–Crippen LogP) is 3.17. The van der Waals surface area contributed by atoms with Gasteiger partial charge in [0.05, 0.1) is 11.3 Å². The smallest absolute Gasteiger partial charge is 0.417 e. The molecule has 0 amide bonds. The third-order valence-electron chi connectivity index (χ3n) is 5.02.